The van der Waals surface area contributed by atoms with Crippen LogP contribution < -0.4 is 4.90 Å². The molecule has 1 aliphatic rings. The predicted molar refractivity (Wildman–Crippen MR) is 81.5 cm³/mol. The lowest BCUT2D eigenvalue weighted by Gasteiger charge is -2.33. The first kappa shape index (κ1) is 13.1. The Hall–Kier alpha value is -0.910. The van der Waals surface area contributed by atoms with Crippen LogP contribution in [-0.4, -0.2) is 48.1 Å². The third kappa shape index (κ3) is 2.55. The van der Waals surface area contributed by atoms with Gasteiger partial charge in [-0.25, -0.2) is 4.98 Å². The molecule has 3 rings (SSSR count). The quantitative estimate of drug-likeness (QED) is 0.798. The molecule has 102 valence electrons. The van der Waals surface area contributed by atoms with E-state index in [-0.39, 0.29) is 0 Å². The molecule has 0 aliphatic carbocycles. The Morgan fingerprint density at radius 1 is 1.26 bits per heavy atom. The molecule has 0 saturated carbocycles. The molecule has 6 heteroatoms. The van der Waals surface area contributed by atoms with Gasteiger partial charge < -0.3 is 9.80 Å². The van der Waals surface area contributed by atoms with Crippen LogP contribution in [0.1, 0.15) is 11.8 Å². The SMILES string of the molecule is CCc1cc2c(N3CCN(C)CC3)nc(Cl)nc2s1. The molecular formula is C13H17ClN4S. The van der Waals surface area contributed by atoms with Crippen molar-refractivity contribution in [3.63, 3.8) is 0 Å². The van der Waals surface area contributed by atoms with Gasteiger partial charge >= 0.3 is 0 Å². The highest BCUT2D eigenvalue weighted by Gasteiger charge is 2.20. The summed E-state index contributed by atoms with van der Waals surface area (Å²) >= 11 is 7.79. The molecule has 3 heterocycles. The van der Waals surface area contributed by atoms with Crippen LogP contribution in [0.2, 0.25) is 5.28 Å². The molecule has 1 aliphatic heterocycles. The molecule has 0 unspecified atom stereocenters. The molecule has 1 saturated heterocycles. The number of aryl methyl sites for hydroxylation is 1. The molecule has 4 nitrogen and oxygen atoms in total. The third-order valence-corrected chi connectivity index (χ3v) is 4.89. The zero-order valence-electron chi connectivity index (χ0n) is 11.2. The van der Waals surface area contributed by atoms with Crippen molar-refractivity contribution < 1.29 is 0 Å². The summed E-state index contributed by atoms with van der Waals surface area (Å²) in [5.41, 5.74) is 0. The Morgan fingerprint density at radius 2 is 2.00 bits per heavy atom. The van der Waals surface area contributed by atoms with Crippen LogP contribution in [0.15, 0.2) is 6.07 Å². The highest BCUT2D eigenvalue weighted by atomic mass is 35.5. The van der Waals surface area contributed by atoms with Crippen LogP contribution in [0, 0.1) is 0 Å². The number of hydrogen-bond donors (Lipinski definition) is 0. The fourth-order valence-electron chi connectivity index (χ4n) is 2.36. The topological polar surface area (TPSA) is 32.3 Å². The van der Waals surface area contributed by atoms with Gasteiger partial charge in [0.1, 0.15) is 10.6 Å². The first-order chi connectivity index (χ1) is 9.17. The van der Waals surface area contributed by atoms with Crippen molar-refractivity contribution in [2.45, 2.75) is 13.3 Å². The van der Waals surface area contributed by atoms with Gasteiger partial charge in [0.2, 0.25) is 5.28 Å². The first-order valence-electron chi connectivity index (χ1n) is 6.57. The summed E-state index contributed by atoms with van der Waals surface area (Å²) in [5.74, 6) is 0.999. The average molecular weight is 297 g/mol. The second-order valence-corrected chi connectivity index (χ2v) is 6.34. The Bertz CT molecular complexity index is 590. The van der Waals surface area contributed by atoms with E-state index in [1.807, 2.05) is 0 Å². The number of rotatable bonds is 2. The maximum Gasteiger partial charge on any atom is 0.225 e. The highest BCUT2D eigenvalue weighted by molar-refractivity contribution is 7.18. The van der Waals surface area contributed by atoms with E-state index in [4.69, 9.17) is 11.6 Å². The molecule has 0 spiro atoms. The minimum Gasteiger partial charge on any atom is -0.353 e. The lowest BCUT2D eigenvalue weighted by molar-refractivity contribution is 0.312. The standard InChI is InChI=1S/C13H17ClN4S/c1-3-9-8-10-11(15-13(14)16-12(10)19-9)18-6-4-17(2)5-7-18/h8H,3-7H2,1-2H3. The molecule has 0 amide bonds. The summed E-state index contributed by atoms with van der Waals surface area (Å²) in [5, 5.41) is 1.50. The van der Waals surface area contributed by atoms with Gasteiger partial charge in [-0.2, -0.15) is 4.98 Å². The number of aromatic nitrogens is 2. The van der Waals surface area contributed by atoms with Crippen LogP contribution >= 0.6 is 22.9 Å². The van der Waals surface area contributed by atoms with Crippen molar-refractivity contribution in [2.75, 3.05) is 38.1 Å². The van der Waals surface area contributed by atoms with Crippen LogP contribution in [0.25, 0.3) is 10.2 Å². The van der Waals surface area contributed by atoms with E-state index in [9.17, 15) is 0 Å². The summed E-state index contributed by atoms with van der Waals surface area (Å²) in [4.78, 5) is 15.8. The van der Waals surface area contributed by atoms with Crippen molar-refractivity contribution >= 4 is 39.0 Å². The lowest BCUT2D eigenvalue weighted by Crippen LogP contribution is -2.44. The van der Waals surface area contributed by atoms with E-state index in [2.05, 4.69) is 39.8 Å². The smallest absolute Gasteiger partial charge is 0.225 e. The average Bonchev–Trinajstić information content (AvgIpc) is 2.81. The van der Waals surface area contributed by atoms with E-state index in [1.165, 1.54) is 4.88 Å². The van der Waals surface area contributed by atoms with Gasteiger partial charge in [0.05, 0.1) is 5.39 Å². The molecule has 0 radical (unpaired) electrons. The van der Waals surface area contributed by atoms with E-state index in [0.717, 1.165) is 48.6 Å². The number of hydrogen-bond acceptors (Lipinski definition) is 5. The molecular weight excluding hydrogens is 280 g/mol. The normalized spacial score (nSPS) is 17.3. The second kappa shape index (κ2) is 5.23. The predicted octanol–water partition coefficient (Wildman–Crippen LogP) is 2.66. The summed E-state index contributed by atoms with van der Waals surface area (Å²) in [6.45, 7) is 6.28. The van der Waals surface area contributed by atoms with Gasteiger partial charge in [0.25, 0.3) is 0 Å². The number of fused-ring (bicyclic) bond motifs is 1. The van der Waals surface area contributed by atoms with Crippen molar-refractivity contribution in [3.8, 4) is 0 Å². The maximum absolute atomic E-state index is 6.07. The molecule has 0 N–H and O–H groups in total. The molecule has 2 aromatic heterocycles. The van der Waals surface area contributed by atoms with Crippen molar-refractivity contribution in [3.05, 3.63) is 16.2 Å². The molecule has 19 heavy (non-hydrogen) atoms. The van der Waals surface area contributed by atoms with E-state index < -0.39 is 0 Å². The summed E-state index contributed by atoms with van der Waals surface area (Å²) in [7, 11) is 2.15. The molecule has 0 bridgehead atoms. The van der Waals surface area contributed by atoms with Gasteiger partial charge in [0.15, 0.2) is 0 Å². The molecule has 2 aromatic rings. The van der Waals surface area contributed by atoms with Crippen LogP contribution in [0.3, 0.4) is 0 Å². The fourth-order valence-corrected chi connectivity index (χ4v) is 3.54. The second-order valence-electron chi connectivity index (χ2n) is 4.89. The van der Waals surface area contributed by atoms with Crippen molar-refractivity contribution in [2.24, 2.45) is 0 Å². The van der Waals surface area contributed by atoms with Crippen LogP contribution in [0.4, 0.5) is 5.82 Å². The van der Waals surface area contributed by atoms with Gasteiger partial charge in [-0.05, 0) is 31.1 Å². The summed E-state index contributed by atoms with van der Waals surface area (Å²) < 4.78 is 0. The monoisotopic (exact) mass is 296 g/mol. The fraction of sp³-hybridized carbons (Fsp3) is 0.538. The number of likely N-dealkylation sites (N-methyl/N-ethyl adjacent to an activating group) is 1. The van der Waals surface area contributed by atoms with Gasteiger partial charge in [0, 0.05) is 31.1 Å². The summed E-state index contributed by atoms with van der Waals surface area (Å²) in [6, 6.07) is 2.21. The number of halogens is 1. The molecule has 0 atom stereocenters. The lowest BCUT2D eigenvalue weighted by atomic mass is 10.2. The zero-order chi connectivity index (χ0) is 13.4. The van der Waals surface area contributed by atoms with Crippen molar-refractivity contribution in [1.29, 1.82) is 0 Å². The van der Waals surface area contributed by atoms with Crippen molar-refractivity contribution in [1.82, 2.24) is 14.9 Å². The van der Waals surface area contributed by atoms with Gasteiger partial charge in [-0.15, -0.1) is 11.3 Å². The minimum absolute atomic E-state index is 0.353. The van der Waals surface area contributed by atoms with E-state index >= 15 is 0 Å². The molecule has 1 fully saturated rings. The Balaban J connectivity index is 2.03. The van der Waals surface area contributed by atoms with Crippen LogP contribution in [-0.2, 0) is 6.42 Å². The maximum atomic E-state index is 6.07. The van der Waals surface area contributed by atoms with Crippen LogP contribution in [0.5, 0.6) is 0 Å². The first-order valence-corrected chi connectivity index (χ1v) is 7.76. The third-order valence-electron chi connectivity index (χ3n) is 3.55. The minimum atomic E-state index is 0.353. The van der Waals surface area contributed by atoms with Gasteiger partial charge in [-0.3, -0.25) is 0 Å². The Labute approximate surface area is 122 Å². The zero-order valence-corrected chi connectivity index (χ0v) is 12.8. The largest absolute Gasteiger partial charge is 0.353 e. The molecule has 0 aromatic carbocycles. The van der Waals surface area contributed by atoms with Gasteiger partial charge in [-0.1, -0.05) is 6.92 Å². The number of thiophene rings is 1. The Kier molecular flexibility index (Phi) is 3.60. The number of anilines is 1. The number of piperazine rings is 1. The number of nitrogens with zero attached hydrogens (tertiary/aromatic N) is 4. The van der Waals surface area contributed by atoms with E-state index in [1.54, 1.807) is 11.3 Å². The highest BCUT2D eigenvalue weighted by Crippen LogP contribution is 2.32. The summed E-state index contributed by atoms with van der Waals surface area (Å²) in [6.07, 6.45) is 1.03. The Morgan fingerprint density at radius 3 is 2.68 bits per heavy atom. The van der Waals surface area contributed by atoms with E-state index in [0.29, 0.717) is 5.28 Å².